The molecular weight excluding hydrogens is 743 g/mol. The van der Waals surface area contributed by atoms with E-state index in [1.165, 1.54) is 77.0 Å². The van der Waals surface area contributed by atoms with Gasteiger partial charge in [-0.15, -0.1) is 0 Å². The van der Waals surface area contributed by atoms with Crippen LogP contribution in [-0.2, 0) is 14.3 Å². The Hall–Kier alpha value is -3.22. The molecule has 0 saturated heterocycles. The van der Waals surface area contributed by atoms with Crippen LogP contribution in [0.25, 0.3) is 0 Å². The highest BCUT2D eigenvalue weighted by molar-refractivity contribution is 5.77. The highest BCUT2D eigenvalue weighted by Gasteiger charge is 2.23. The first-order chi connectivity index (χ1) is 29.5. The lowest BCUT2D eigenvalue weighted by Gasteiger charge is -2.24. The lowest BCUT2D eigenvalue weighted by atomic mass is 10.0. The summed E-state index contributed by atoms with van der Waals surface area (Å²) < 4.78 is 5.85. The number of amides is 1. The van der Waals surface area contributed by atoms with Crippen LogP contribution in [0, 0.1) is 0 Å². The van der Waals surface area contributed by atoms with E-state index in [9.17, 15) is 19.8 Å². The summed E-state index contributed by atoms with van der Waals surface area (Å²) in [4.78, 5) is 26.1. The Morgan fingerprint density at radius 2 is 1.00 bits per heavy atom. The second kappa shape index (κ2) is 46.8. The maximum Gasteiger partial charge on any atom is 0.306 e. The van der Waals surface area contributed by atoms with Gasteiger partial charge in [-0.1, -0.05) is 221 Å². The number of rotatable bonds is 42. The van der Waals surface area contributed by atoms with E-state index < -0.39 is 18.2 Å². The van der Waals surface area contributed by atoms with Gasteiger partial charge < -0.3 is 20.3 Å². The first-order valence-electron chi connectivity index (χ1n) is 24.5. The Labute approximate surface area is 369 Å². The highest BCUT2D eigenvalue weighted by atomic mass is 16.5. The summed E-state index contributed by atoms with van der Waals surface area (Å²) in [5, 5.41) is 23.7. The lowest BCUT2D eigenvalue weighted by Crippen LogP contribution is -2.46. The molecule has 0 radical (unpaired) electrons. The molecule has 60 heavy (non-hydrogen) atoms. The first kappa shape index (κ1) is 56.8. The summed E-state index contributed by atoms with van der Waals surface area (Å²) in [6.07, 6.45) is 61.9. The molecule has 0 aliphatic heterocycles. The summed E-state index contributed by atoms with van der Waals surface area (Å²) in [6.45, 7) is 6.19. The SMILES string of the molecule is CC/C=C\C/C=C\C/C=C\C/C=C\C/C=C\CC(CC(=O)NC(CO)C(O)CCCCCCCCCCCCC)OC(=O)CCCCCCCCC/C=C/C=C/C=C/CC. The van der Waals surface area contributed by atoms with Gasteiger partial charge in [-0.3, -0.25) is 9.59 Å². The van der Waals surface area contributed by atoms with Crippen molar-refractivity contribution in [2.75, 3.05) is 6.61 Å². The van der Waals surface area contributed by atoms with E-state index in [0.29, 0.717) is 19.3 Å². The van der Waals surface area contributed by atoms with Gasteiger partial charge in [0.15, 0.2) is 0 Å². The number of nitrogens with one attached hydrogen (secondary N) is 1. The van der Waals surface area contributed by atoms with E-state index >= 15 is 0 Å². The predicted molar refractivity (Wildman–Crippen MR) is 259 cm³/mol. The molecular formula is C54H91NO5. The number of carbonyl (C=O) groups excluding carboxylic acids is 2. The third kappa shape index (κ3) is 41.5. The third-order valence-corrected chi connectivity index (χ3v) is 10.5. The molecule has 342 valence electrons. The van der Waals surface area contributed by atoms with Crippen LogP contribution in [0.5, 0.6) is 0 Å². The Kier molecular flexibility index (Phi) is 44.3. The molecule has 0 heterocycles. The monoisotopic (exact) mass is 834 g/mol. The quantitative estimate of drug-likeness (QED) is 0.0246. The molecule has 6 heteroatoms. The fourth-order valence-electron chi connectivity index (χ4n) is 6.80. The summed E-state index contributed by atoms with van der Waals surface area (Å²) in [5.41, 5.74) is 0. The van der Waals surface area contributed by atoms with Crippen molar-refractivity contribution in [3.8, 4) is 0 Å². The molecule has 0 rings (SSSR count). The Morgan fingerprint density at radius 1 is 0.533 bits per heavy atom. The van der Waals surface area contributed by atoms with Crippen LogP contribution in [0.15, 0.2) is 97.2 Å². The molecule has 3 unspecified atom stereocenters. The normalized spacial score (nSPS) is 14.2. The second-order valence-corrected chi connectivity index (χ2v) is 16.2. The van der Waals surface area contributed by atoms with Gasteiger partial charge in [0.25, 0.3) is 0 Å². The van der Waals surface area contributed by atoms with Crippen LogP contribution in [0.1, 0.15) is 207 Å². The largest absolute Gasteiger partial charge is 0.461 e. The van der Waals surface area contributed by atoms with Crippen molar-refractivity contribution < 1.29 is 24.5 Å². The molecule has 0 aromatic carbocycles. The van der Waals surface area contributed by atoms with Crippen molar-refractivity contribution in [3.05, 3.63) is 97.2 Å². The van der Waals surface area contributed by atoms with E-state index in [1.54, 1.807) is 0 Å². The van der Waals surface area contributed by atoms with E-state index in [-0.39, 0.29) is 24.9 Å². The van der Waals surface area contributed by atoms with Crippen molar-refractivity contribution >= 4 is 11.9 Å². The molecule has 0 saturated carbocycles. The molecule has 0 fully saturated rings. The van der Waals surface area contributed by atoms with Crippen LogP contribution < -0.4 is 5.32 Å². The highest BCUT2D eigenvalue weighted by Crippen LogP contribution is 2.16. The number of aliphatic hydroxyl groups excluding tert-OH is 2. The molecule has 3 atom stereocenters. The van der Waals surface area contributed by atoms with Gasteiger partial charge in [-0.05, 0) is 64.2 Å². The molecule has 0 aromatic rings. The Balaban J connectivity index is 4.78. The molecule has 0 aliphatic carbocycles. The van der Waals surface area contributed by atoms with Crippen molar-refractivity contribution in [2.24, 2.45) is 0 Å². The number of hydrogen-bond acceptors (Lipinski definition) is 5. The van der Waals surface area contributed by atoms with E-state index in [1.807, 2.05) is 12.2 Å². The zero-order chi connectivity index (χ0) is 43.8. The molecule has 0 spiro atoms. The summed E-state index contributed by atoms with van der Waals surface area (Å²) in [7, 11) is 0. The Morgan fingerprint density at radius 3 is 1.53 bits per heavy atom. The van der Waals surface area contributed by atoms with Crippen molar-refractivity contribution in [1.82, 2.24) is 5.32 Å². The smallest absolute Gasteiger partial charge is 0.306 e. The van der Waals surface area contributed by atoms with Gasteiger partial charge in [-0.25, -0.2) is 0 Å². The van der Waals surface area contributed by atoms with Gasteiger partial charge in [0, 0.05) is 12.8 Å². The zero-order valence-corrected chi connectivity index (χ0v) is 38.8. The fraction of sp³-hybridized carbons (Fsp3) is 0.667. The van der Waals surface area contributed by atoms with Crippen LogP contribution >= 0.6 is 0 Å². The number of unbranched alkanes of at least 4 members (excludes halogenated alkanes) is 17. The maximum absolute atomic E-state index is 13.2. The van der Waals surface area contributed by atoms with E-state index in [4.69, 9.17) is 4.74 Å². The number of aliphatic hydroxyl groups is 2. The van der Waals surface area contributed by atoms with Gasteiger partial charge in [0.05, 0.1) is 25.2 Å². The van der Waals surface area contributed by atoms with Crippen molar-refractivity contribution in [3.63, 3.8) is 0 Å². The summed E-state index contributed by atoms with van der Waals surface area (Å²) in [5.74, 6) is -0.602. The average Bonchev–Trinajstić information content (AvgIpc) is 3.24. The standard InChI is InChI=1S/C54H91NO5/c1-4-7-10-13-16-19-22-24-26-28-31-33-36-39-42-45-50(60-54(59)47-44-41-38-35-32-29-27-25-23-20-17-14-11-8-5-2)48-53(58)55-51(49-56)52(57)46-43-40-37-34-30-21-18-15-12-9-6-3/h7-8,10-11,14,16-17,19-20,23-24,26,31,33,39,42,50-52,56-57H,4-6,9,12-13,15,18,21-22,25,27-30,32,34-38,40-41,43-49H2,1-3H3,(H,55,58)/b10-7-,11-8+,17-14+,19-16-,23-20+,26-24-,33-31-,42-39-. The summed E-state index contributed by atoms with van der Waals surface area (Å²) >= 11 is 0. The number of carbonyl (C=O) groups is 2. The lowest BCUT2D eigenvalue weighted by molar-refractivity contribution is -0.150. The third-order valence-electron chi connectivity index (χ3n) is 10.5. The Bertz CT molecular complexity index is 1210. The average molecular weight is 834 g/mol. The topological polar surface area (TPSA) is 95.9 Å². The predicted octanol–water partition coefficient (Wildman–Crippen LogP) is 14.6. The minimum absolute atomic E-state index is 0.0108. The van der Waals surface area contributed by atoms with Gasteiger partial charge in [0.1, 0.15) is 6.10 Å². The number of esters is 1. The minimum Gasteiger partial charge on any atom is -0.461 e. The molecule has 1 amide bonds. The van der Waals surface area contributed by atoms with Crippen LogP contribution in [0.2, 0.25) is 0 Å². The first-order valence-corrected chi connectivity index (χ1v) is 24.5. The molecule has 0 aliphatic rings. The van der Waals surface area contributed by atoms with Crippen LogP contribution in [-0.4, -0.2) is 46.9 Å². The zero-order valence-electron chi connectivity index (χ0n) is 38.8. The van der Waals surface area contributed by atoms with E-state index in [2.05, 4.69) is 111 Å². The molecule has 0 bridgehead atoms. The van der Waals surface area contributed by atoms with Crippen molar-refractivity contribution in [2.45, 2.75) is 225 Å². The summed E-state index contributed by atoms with van der Waals surface area (Å²) in [6, 6.07) is -0.739. The molecule has 0 aromatic heterocycles. The van der Waals surface area contributed by atoms with E-state index in [0.717, 1.165) is 83.5 Å². The number of allylic oxidation sites excluding steroid dienone is 15. The van der Waals surface area contributed by atoms with Crippen LogP contribution in [0.3, 0.4) is 0 Å². The van der Waals surface area contributed by atoms with Gasteiger partial charge in [0.2, 0.25) is 5.91 Å². The number of hydrogen-bond donors (Lipinski definition) is 3. The molecule has 3 N–H and O–H groups in total. The number of ether oxygens (including phenoxy) is 1. The molecule has 6 nitrogen and oxygen atoms in total. The second-order valence-electron chi connectivity index (χ2n) is 16.2. The van der Waals surface area contributed by atoms with Crippen molar-refractivity contribution in [1.29, 1.82) is 0 Å². The van der Waals surface area contributed by atoms with Crippen LogP contribution in [0.4, 0.5) is 0 Å². The minimum atomic E-state index is -0.818. The maximum atomic E-state index is 13.2. The van der Waals surface area contributed by atoms with Gasteiger partial charge >= 0.3 is 5.97 Å². The van der Waals surface area contributed by atoms with Gasteiger partial charge in [-0.2, -0.15) is 0 Å². The fourth-order valence-corrected chi connectivity index (χ4v) is 6.80.